The molecule has 188 valence electrons. The minimum absolute atomic E-state index is 0.0199. The van der Waals surface area contributed by atoms with Crippen LogP contribution in [-0.2, 0) is 6.42 Å². The van der Waals surface area contributed by atoms with E-state index in [9.17, 15) is 9.90 Å². The van der Waals surface area contributed by atoms with Crippen LogP contribution in [-0.4, -0.2) is 30.4 Å². The van der Waals surface area contributed by atoms with Crippen molar-refractivity contribution in [1.82, 2.24) is 4.98 Å². The second-order valence-electron chi connectivity index (χ2n) is 9.18. The molecule has 0 spiro atoms. The van der Waals surface area contributed by atoms with Gasteiger partial charge in [-0.3, -0.25) is 4.79 Å². The molecular formula is C29H43NO4. The second-order valence-corrected chi connectivity index (χ2v) is 9.18. The Balaban J connectivity index is 2.92. The maximum absolute atomic E-state index is 12.5. The monoisotopic (exact) mass is 469 g/mol. The summed E-state index contributed by atoms with van der Waals surface area (Å²) in [6.45, 7) is 16.1. The summed E-state index contributed by atoms with van der Waals surface area (Å²) in [5.74, 6) is 0.567. The fourth-order valence-electron chi connectivity index (χ4n) is 3.96. The van der Waals surface area contributed by atoms with Gasteiger partial charge in [-0.2, -0.15) is 0 Å². The largest absolute Gasteiger partial charge is 0.488 e. The van der Waals surface area contributed by atoms with Crippen LogP contribution in [0.5, 0.6) is 11.6 Å². The summed E-state index contributed by atoms with van der Waals surface area (Å²) in [5, 5.41) is 10.6. The number of ether oxygens (including phenoxy) is 2. The van der Waals surface area contributed by atoms with Gasteiger partial charge in [-0.25, -0.2) is 0 Å². The van der Waals surface area contributed by atoms with E-state index in [1.54, 1.807) is 6.92 Å². The van der Waals surface area contributed by atoms with Gasteiger partial charge in [-0.15, -0.1) is 0 Å². The van der Waals surface area contributed by atoms with Crippen molar-refractivity contribution in [1.29, 1.82) is 0 Å². The predicted octanol–water partition coefficient (Wildman–Crippen LogP) is 6.38. The lowest BCUT2D eigenvalue weighted by molar-refractivity contribution is 0.173. The number of aliphatic hydroxyl groups is 1. The van der Waals surface area contributed by atoms with Crippen molar-refractivity contribution in [2.24, 2.45) is 5.92 Å². The molecule has 5 nitrogen and oxygen atoms in total. The van der Waals surface area contributed by atoms with Crippen LogP contribution in [0.3, 0.4) is 0 Å². The van der Waals surface area contributed by atoms with E-state index in [1.807, 2.05) is 39.8 Å². The Hall–Kier alpha value is -2.79. The van der Waals surface area contributed by atoms with Crippen LogP contribution >= 0.6 is 0 Å². The van der Waals surface area contributed by atoms with Gasteiger partial charge < -0.3 is 19.6 Å². The van der Waals surface area contributed by atoms with Crippen molar-refractivity contribution in [3.05, 3.63) is 79.7 Å². The van der Waals surface area contributed by atoms with Gasteiger partial charge in [0.25, 0.3) is 0 Å². The second kappa shape index (κ2) is 13.8. The first-order valence-electron chi connectivity index (χ1n) is 11.8. The van der Waals surface area contributed by atoms with Gasteiger partial charge in [0.05, 0.1) is 20.3 Å². The van der Waals surface area contributed by atoms with Crippen LogP contribution in [0, 0.1) is 12.8 Å². The summed E-state index contributed by atoms with van der Waals surface area (Å²) < 4.78 is 10.5. The molecule has 0 fully saturated rings. The molecule has 1 rings (SSSR count). The van der Waals surface area contributed by atoms with Crippen LogP contribution in [0.15, 0.2) is 63.0 Å². The van der Waals surface area contributed by atoms with Crippen molar-refractivity contribution < 1.29 is 14.6 Å². The zero-order valence-corrected chi connectivity index (χ0v) is 22.6. The van der Waals surface area contributed by atoms with Gasteiger partial charge in [-0.1, -0.05) is 59.6 Å². The number of hydrogen-bond donors (Lipinski definition) is 2. The standard InChI is InChI=1S/C29H43NO4/c1-11-18(2)16-22(6)26(31)23(7)17-21(5)15-20(4)14-19(3)12-13-25-24(8)27(32)28(33-9)29(30-25)34-10/h11-12,15-17,23,26,31H,13-14H2,1-10H3,(H,30,32)/t23-,26-/m0/s1. The summed E-state index contributed by atoms with van der Waals surface area (Å²) in [6, 6.07) is 0. The van der Waals surface area contributed by atoms with Gasteiger partial charge in [-0.05, 0) is 60.5 Å². The number of pyridine rings is 1. The molecule has 0 radical (unpaired) electrons. The summed E-state index contributed by atoms with van der Waals surface area (Å²) in [6.07, 6.45) is 11.4. The number of rotatable bonds is 11. The summed E-state index contributed by atoms with van der Waals surface area (Å²) in [4.78, 5) is 15.7. The van der Waals surface area contributed by atoms with E-state index in [0.29, 0.717) is 17.9 Å². The van der Waals surface area contributed by atoms with Crippen molar-refractivity contribution in [2.45, 2.75) is 74.3 Å². The zero-order valence-electron chi connectivity index (χ0n) is 22.6. The first-order chi connectivity index (χ1) is 15.9. The Bertz CT molecular complexity index is 1050. The van der Waals surface area contributed by atoms with E-state index < -0.39 is 6.10 Å². The van der Waals surface area contributed by atoms with Crippen molar-refractivity contribution in [3.8, 4) is 11.6 Å². The lowest BCUT2D eigenvalue weighted by atomic mass is 9.94. The Morgan fingerprint density at radius 3 is 2.24 bits per heavy atom. The fraction of sp³-hybridized carbons (Fsp3) is 0.483. The summed E-state index contributed by atoms with van der Waals surface area (Å²) >= 11 is 0. The van der Waals surface area contributed by atoms with E-state index >= 15 is 0 Å². The Morgan fingerprint density at radius 2 is 1.68 bits per heavy atom. The molecule has 34 heavy (non-hydrogen) atoms. The zero-order chi connectivity index (χ0) is 26.0. The highest BCUT2D eigenvalue weighted by Crippen LogP contribution is 2.23. The molecule has 0 aliphatic carbocycles. The molecule has 1 aromatic heterocycles. The predicted molar refractivity (Wildman–Crippen MR) is 143 cm³/mol. The normalized spacial score (nSPS) is 15.9. The molecule has 0 unspecified atom stereocenters. The van der Waals surface area contributed by atoms with Crippen LogP contribution in [0.2, 0.25) is 0 Å². The SMILES string of the molecule is CC=C(C)C=C(C)[C@H](O)[C@@H](C)C=C(C)C=C(C)CC(C)=CCc1[nH]c(OC)c(OC)c(=O)c1C. The molecule has 0 bridgehead atoms. The number of methoxy groups -OCH3 is 2. The molecule has 1 heterocycles. The Kier molecular flexibility index (Phi) is 11.9. The highest BCUT2D eigenvalue weighted by Gasteiger charge is 2.15. The van der Waals surface area contributed by atoms with E-state index in [2.05, 4.69) is 44.0 Å². The average Bonchev–Trinajstić information content (AvgIpc) is 2.78. The number of hydrogen-bond acceptors (Lipinski definition) is 4. The number of nitrogens with one attached hydrogen (secondary N) is 1. The number of aliphatic hydroxyl groups excluding tert-OH is 1. The Morgan fingerprint density at radius 1 is 1.03 bits per heavy atom. The number of aromatic amines is 1. The lowest BCUT2D eigenvalue weighted by Gasteiger charge is -2.17. The molecular weight excluding hydrogens is 426 g/mol. The first kappa shape index (κ1) is 29.2. The van der Waals surface area contributed by atoms with Crippen LogP contribution < -0.4 is 14.9 Å². The maximum atomic E-state index is 12.5. The van der Waals surface area contributed by atoms with Gasteiger partial charge in [0.15, 0.2) is 0 Å². The van der Waals surface area contributed by atoms with Crippen LogP contribution in [0.1, 0.15) is 66.1 Å². The third-order valence-electron chi connectivity index (χ3n) is 5.97. The van der Waals surface area contributed by atoms with E-state index in [-0.39, 0.29) is 17.1 Å². The van der Waals surface area contributed by atoms with Crippen LogP contribution in [0.25, 0.3) is 0 Å². The molecule has 0 aliphatic heterocycles. The molecule has 2 N–H and O–H groups in total. The quantitative estimate of drug-likeness (QED) is 0.291. The van der Waals surface area contributed by atoms with Crippen molar-refractivity contribution in [3.63, 3.8) is 0 Å². The summed E-state index contributed by atoms with van der Waals surface area (Å²) in [7, 11) is 2.98. The third kappa shape index (κ3) is 8.53. The third-order valence-corrected chi connectivity index (χ3v) is 5.97. The maximum Gasteiger partial charge on any atom is 0.238 e. The molecule has 0 amide bonds. The van der Waals surface area contributed by atoms with Gasteiger partial charge in [0, 0.05) is 23.6 Å². The first-order valence-corrected chi connectivity index (χ1v) is 11.8. The number of aromatic nitrogens is 1. The highest BCUT2D eigenvalue weighted by molar-refractivity contribution is 5.40. The summed E-state index contributed by atoms with van der Waals surface area (Å²) in [5.41, 5.74) is 6.99. The molecule has 5 heteroatoms. The van der Waals surface area contributed by atoms with Crippen LogP contribution in [0.4, 0.5) is 0 Å². The number of allylic oxidation sites excluding steroid dienone is 8. The smallest absolute Gasteiger partial charge is 0.238 e. The van der Waals surface area contributed by atoms with Gasteiger partial charge in [0.1, 0.15) is 0 Å². The Labute approximate surface area is 205 Å². The van der Waals surface area contributed by atoms with Crippen molar-refractivity contribution in [2.75, 3.05) is 14.2 Å². The molecule has 0 saturated carbocycles. The van der Waals surface area contributed by atoms with E-state index in [4.69, 9.17) is 9.47 Å². The lowest BCUT2D eigenvalue weighted by Crippen LogP contribution is -2.17. The molecule has 0 saturated heterocycles. The van der Waals surface area contributed by atoms with E-state index in [1.165, 1.54) is 25.4 Å². The fourth-order valence-corrected chi connectivity index (χ4v) is 3.96. The minimum Gasteiger partial charge on any atom is -0.488 e. The average molecular weight is 470 g/mol. The molecule has 1 aromatic rings. The minimum atomic E-state index is -0.507. The van der Waals surface area contributed by atoms with Gasteiger partial charge in [0.2, 0.25) is 17.1 Å². The number of H-pyrrole nitrogens is 1. The molecule has 2 atom stereocenters. The van der Waals surface area contributed by atoms with E-state index in [0.717, 1.165) is 28.8 Å². The topological polar surface area (TPSA) is 71.6 Å². The molecule has 0 aromatic carbocycles. The van der Waals surface area contributed by atoms with Crippen molar-refractivity contribution >= 4 is 0 Å². The highest BCUT2D eigenvalue weighted by atomic mass is 16.5. The molecule has 0 aliphatic rings. The van der Waals surface area contributed by atoms with Gasteiger partial charge >= 0.3 is 0 Å².